The van der Waals surface area contributed by atoms with E-state index in [0.717, 1.165) is 45.7 Å². The maximum Gasteiger partial charge on any atom is 0.257 e. The molecule has 0 bridgehead atoms. The van der Waals surface area contributed by atoms with Gasteiger partial charge in [0.15, 0.2) is 0 Å². The summed E-state index contributed by atoms with van der Waals surface area (Å²) in [5, 5.41) is 2.94. The van der Waals surface area contributed by atoms with Gasteiger partial charge in [0.05, 0.1) is 25.0 Å². The molecule has 0 atom stereocenters. The molecule has 1 aromatic rings. The monoisotopic (exact) mass is 381 g/mol. The number of methoxy groups -OCH3 is 1. The van der Waals surface area contributed by atoms with Gasteiger partial charge in [-0.3, -0.25) is 14.5 Å². The molecule has 1 aliphatic heterocycles. The van der Waals surface area contributed by atoms with Gasteiger partial charge in [-0.15, -0.1) is 0 Å². The quantitative estimate of drug-likeness (QED) is 0.544. The number of carbonyl (C=O) groups is 2. The zero-order chi connectivity index (χ0) is 19.3. The summed E-state index contributed by atoms with van der Waals surface area (Å²) in [6.45, 7) is 6.60. The maximum atomic E-state index is 12.5. The fourth-order valence-corrected chi connectivity index (χ4v) is 2.96. The van der Waals surface area contributed by atoms with Crippen LogP contribution in [-0.4, -0.2) is 87.8 Å². The molecule has 1 N–H and O–H groups in total. The Labute approximate surface area is 160 Å². The third-order valence-electron chi connectivity index (χ3n) is 4.52. The van der Waals surface area contributed by atoms with E-state index in [-0.39, 0.29) is 18.2 Å². The number of ether oxygens (including phenoxy) is 2. The topological polar surface area (TPSA) is 84.3 Å². The number of hydrogen-bond donors (Lipinski definition) is 1. The standard InChI is InChI=1S/C19H31N3O5/c1-25-12-3-8-22(19(24)17-5-13-27-16-17)9-4-18(23)20-6-2-7-21-10-14-26-15-11-21/h5,13,16H,2-4,6-12,14-15H2,1H3,(H,20,23). The van der Waals surface area contributed by atoms with E-state index >= 15 is 0 Å². The van der Waals surface area contributed by atoms with Crippen LogP contribution in [0.2, 0.25) is 0 Å². The first kappa shape index (κ1) is 21.4. The summed E-state index contributed by atoms with van der Waals surface area (Å²) in [6.07, 6.45) is 4.83. The van der Waals surface area contributed by atoms with E-state index < -0.39 is 0 Å². The van der Waals surface area contributed by atoms with E-state index in [1.807, 2.05) is 0 Å². The molecule has 0 spiro atoms. The van der Waals surface area contributed by atoms with Gasteiger partial charge in [0.1, 0.15) is 6.26 Å². The molecular formula is C19H31N3O5. The minimum atomic E-state index is -0.125. The molecule has 0 radical (unpaired) electrons. The van der Waals surface area contributed by atoms with Crippen LogP contribution in [0.1, 0.15) is 29.6 Å². The first-order valence-corrected chi connectivity index (χ1v) is 9.58. The summed E-state index contributed by atoms with van der Waals surface area (Å²) in [5.41, 5.74) is 0.498. The SMILES string of the molecule is COCCCN(CCC(=O)NCCCN1CCOCC1)C(=O)c1ccoc1. The van der Waals surface area contributed by atoms with Crippen LogP contribution < -0.4 is 5.32 Å². The number of amides is 2. The second kappa shape index (κ2) is 12.5. The first-order chi connectivity index (χ1) is 13.2. The Kier molecular flexibility index (Phi) is 9.89. The lowest BCUT2D eigenvalue weighted by Crippen LogP contribution is -2.39. The largest absolute Gasteiger partial charge is 0.472 e. The van der Waals surface area contributed by atoms with Crippen molar-refractivity contribution < 1.29 is 23.5 Å². The van der Waals surface area contributed by atoms with Gasteiger partial charge in [-0.25, -0.2) is 0 Å². The molecule has 1 aliphatic rings. The zero-order valence-corrected chi connectivity index (χ0v) is 16.2. The average molecular weight is 381 g/mol. The molecule has 152 valence electrons. The Bertz CT molecular complexity index is 544. The smallest absolute Gasteiger partial charge is 0.257 e. The van der Waals surface area contributed by atoms with Crippen molar-refractivity contribution in [2.45, 2.75) is 19.3 Å². The van der Waals surface area contributed by atoms with Gasteiger partial charge in [-0.1, -0.05) is 0 Å². The Morgan fingerprint density at radius 2 is 2.07 bits per heavy atom. The normalized spacial score (nSPS) is 14.9. The van der Waals surface area contributed by atoms with Gasteiger partial charge < -0.3 is 24.1 Å². The highest BCUT2D eigenvalue weighted by Crippen LogP contribution is 2.07. The number of rotatable bonds is 12. The molecule has 1 fully saturated rings. The van der Waals surface area contributed by atoms with Gasteiger partial charge >= 0.3 is 0 Å². The summed E-state index contributed by atoms with van der Waals surface area (Å²) in [5.74, 6) is -0.159. The minimum Gasteiger partial charge on any atom is -0.472 e. The molecule has 2 rings (SSSR count). The van der Waals surface area contributed by atoms with Crippen molar-refractivity contribution in [3.05, 3.63) is 24.2 Å². The van der Waals surface area contributed by atoms with E-state index in [1.54, 1.807) is 18.1 Å². The molecule has 8 nitrogen and oxygen atoms in total. The number of morpholine rings is 1. The molecule has 1 saturated heterocycles. The summed E-state index contributed by atoms with van der Waals surface area (Å²) in [4.78, 5) is 28.7. The first-order valence-electron chi connectivity index (χ1n) is 9.58. The van der Waals surface area contributed by atoms with Gasteiger partial charge in [0.25, 0.3) is 5.91 Å². The Balaban J connectivity index is 1.67. The predicted molar refractivity (Wildman–Crippen MR) is 101 cm³/mol. The van der Waals surface area contributed by atoms with Gasteiger partial charge in [-0.05, 0) is 25.5 Å². The predicted octanol–water partition coefficient (Wildman–Crippen LogP) is 0.987. The van der Waals surface area contributed by atoms with Crippen molar-refractivity contribution in [3.8, 4) is 0 Å². The second-order valence-electron chi connectivity index (χ2n) is 6.56. The average Bonchev–Trinajstić information content (AvgIpc) is 3.23. The minimum absolute atomic E-state index is 0.0336. The molecular weight excluding hydrogens is 350 g/mol. The highest BCUT2D eigenvalue weighted by atomic mass is 16.5. The molecule has 27 heavy (non-hydrogen) atoms. The molecule has 2 amide bonds. The Morgan fingerprint density at radius 1 is 1.26 bits per heavy atom. The third-order valence-corrected chi connectivity index (χ3v) is 4.52. The number of hydrogen-bond acceptors (Lipinski definition) is 6. The van der Waals surface area contributed by atoms with Gasteiger partial charge in [-0.2, -0.15) is 0 Å². The van der Waals surface area contributed by atoms with Crippen LogP contribution in [0.3, 0.4) is 0 Å². The highest BCUT2D eigenvalue weighted by molar-refractivity contribution is 5.94. The van der Waals surface area contributed by atoms with Crippen LogP contribution in [0.4, 0.5) is 0 Å². The summed E-state index contributed by atoms with van der Waals surface area (Å²) in [7, 11) is 1.63. The number of carbonyl (C=O) groups excluding carboxylic acids is 2. The molecule has 1 aromatic heterocycles. The summed E-state index contributed by atoms with van der Waals surface area (Å²) in [6, 6.07) is 1.64. The molecule has 0 saturated carbocycles. The van der Waals surface area contributed by atoms with Crippen LogP contribution >= 0.6 is 0 Å². The van der Waals surface area contributed by atoms with E-state index in [4.69, 9.17) is 13.9 Å². The summed E-state index contributed by atoms with van der Waals surface area (Å²) >= 11 is 0. The van der Waals surface area contributed by atoms with Crippen molar-refractivity contribution in [1.29, 1.82) is 0 Å². The van der Waals surface area contributed by atoms with E-state index in [9.17, 15) is 9.59 Å². The van der Waals surface area contributed by atoms with Crippen molar-refractivity contribution in [2.24, 2.45) is 0 Å². The van der Waals surface area contributed by atoms with Gasteiger partial charge in [0, 0.05) is 52.9 Å². The molecule has 8 heteroatoms. The van der Waals surface area contributed by atoms with Crippen LogP contribution in [0.25, 0.3) is 0 Å². The Morgan fingerprint density at radius 3 is 2.78 bits per heavy atom. The summed E-state index contributed by atoms with van der Waals surface area (Å²) < 4.78 is 15.4. The van der Waals surface area contributed by atoms with Crippen LogP contribution in [0.15, 0.2) is 23.0 Å². The molecule has 0 aromatic carbocycles. The Hall–Kier alpha value is -1.90. The molecule has 0 aliphatic carbocycles. The fraction of sp³-hybridized carbons (Fsp3) is 0.684. The molecule has 0 unspecified atom stereocenters. The third kappa shape index (κ3) is 8.11. The van der Waals surface area contributed by atoms with Gasteiger partial charge in [0.2, 0.25) is 5.91 Å². The van der Waals surface area contributed by atoms with Crippen molar-refractivity contribution in [1.82, 2.24) is 15.1 Å². The zero-order valence-electron chi connectivity index (χ0n) is 16.2. The van der Waals surface area contributed by atoms with E-state index in [1.165, 1.54) is 12.5 Å². The maximum absolute atomic E-state index is 12.5. The fourth-order valence-electron chi connectivity index (χ4n) is 2.96. The lowest BCUT2D eigenvalue weighted by Gasteiger charge is -2.26. The van der Waals surface area contributed by atoms with Crippen LogP contribution in [0.5, 0.6) is 0 Å². The highest BCUT2D eigenvalue weighted by Gasteiger charge is 2.17. The van der Waals surface area contributed by atoms with Crippen molar-refractivity contribution in [2.75, 3.05) is 66.2 Å². The van der Waals surface area contributed by atoms with Crippen molar-refractivity contribution >= 4 is 11.8 Å². The number of nitrogens with one attached hydrogen (secondary N) is 1. The lowest BCUT2D eigenvalue weighted by atomic mass is 10.2. The number of nitrogens with zero attached hydrogens (tertiary/aromatic N) is 2. The number of furan rings is 1. The van der Waals surface area contributed by atoms with Crippen LogP contribution in [0, 0.1) is 0 Å². The van der Waals surface area contributed by atoms with E-state index in [2.05, 4.69) is 10.2 Å². The second-order valence-corrected chi connectivity index (χ2v) is 6.56. The van der Waals surface area contributed by atoms with Crippen LogP contribution in [-0.2, 0) is 14.3 Å². The lowest BCUT2D eigenvalue weighted by molar-refractivity contribution is -0.121. The van der Waals surface area contributed by atoms with Crippen molar-refractivity contribution in [3.63, 3.8) is 0 Å². The molecule has 2 heterocycles. The van der Waals surface area contributed by atoms with E-state index in [0.29, 0.717) is 31.8 Å².